The number of amides is 1. The minimum Gasteiger partial charge on any atom is -0.326 e. The van der Waals surface area contributed by atoms with Crippen LogP contribution >= 0.6 is 0 Å². The fraction of sp³-hybridized carbons (Fsp3) is 0.188. The highest BCUT2D eigenvalue weighted by Gasteiger charge is 2.25. The molecule has 25 heavy (non-hydrogen) atoms. The molecule has 2 aromatic carbocycles. The van der Waals surface area contributed by atoms with E-state index in [1.54, 1.807) is 13.8 Å². The molecule has 0 heterocycles. The van der Waals surface area contributed by atoms with Crippen molar-refractivity contribution in [2.75, 3.05) is 10.0 Å². The van der Waals surface area contributed by atoms with Crippen LogP contribution in [0.3, 0.4) is 0 Å². The SMILES string of the molecule is CC(C)C(=O)Nc1ccc(NS(=O)(=O)c2ccccc2[N+](=O)[O-])cc1. The molecule has 0 fully saturated rings. The molecule has 0 aliphatic carbocycles. The third-order valence-corrected chi connectivity index (χ3v) is 4.71. The number of benzene rings is 2. The zero-order valence-electron chi connectivity index (χ0n) is 13.6. The number of hydrogen-bond donors (Lipinski definition) is 2. The molecule has 0 aliphatic heterocycles. The van der Waals surface area contributed by atoms with Crippen molar-refractivity contribution in [1.82, 2.24) is 0 Å². The van der Waals surface area contributed by atoms with E-state index in [-0.39, 0.29) is 17.5 Å². The minimum atomic E-state index is -4.12. The van der Waals surface area contributed by atoms with Crippen LogP contribution in [-0.4, -0.2) is 19.2 Å². The molecule has 2 aromatic rings. The molecule has 0 aliphatic rings. The molecule has 0 radical (unpaired) electrons. The number of nitrogens with one attached hydrogen (secondary N) is 2. The number of sulfonamides is 1. The average Bonchev–Trinajstić information content (AvgIpc) is 2.56. The first-order chi connectivity index (χ1) is 11.7. The van der Waals surface area contributed by atoms with Crippen molar-refractivity contribution in [3.8, 4) is 0 Å². The highest BCUT2D eigenvalue weighted by Crippen LogP contribution is 2.25. The number of nitro groups is 1. The third kappa shape index (κ3) is 4.54. The number of anilines is 2. The maximum atomic E-state index is 12.4. The van der Waals surface area contributed by atoms with Gasteiger partial charge in [-0.25, -0.2) is 8.42 Å². The van der Waals surface area contributed by atoms with Crippen molar-refractivity contribution in [3.05, 3.63) is 58.6 Å². The maximum Gasteiger partial charge on any atom is 0.289 e. The zero-order valence-corrected chi connectivity index (χ0v) is 14.4. The van der Waals surface area contributed by atoms with Crippen molar-refractivity contribution in [1.29, 1.82) is 0 Å². The van der Waals surface area contributed by atoms with Gasteiger partial charge in [-0.05, 0) is 30.3 Å². The van der Waals surface area contributed by atoms with Crippen LogP contribution in [0.1, 0.15) is 13.8 Å². The second kappa shape index (κ2) is 7.31. The Morgan fingerprint density at radius 1 is 1.04 bits per heavy atom. The Morgan fingerprint density at radius 3 is 2.16 bits per heavy atom. The number of nitro benzene ring substituents is 1. The van der Waals surface area contributed by atoms with Gasteiger partial charge in [0.2, 0.25) is 5.91 Å². The number of hydrogen-bond acceptors (Lipinski definition) is 5. The molecule has 0 atom stereocenters. The molecule has 0 spiro atoms. The van der Waals surface area contributed by atoms with Gasteiger partial charge in [0.05, 0.1) is 4.92 Å². The van der Waals surface area contributed by atoms with Crippen molar-refractivity contribution in [3.63, 3.8) is 0 Å². The Hall–Kier alpha value is -2.94. The molecule has 132 valence electrons. The topological polar surface area (TPSA) is 118 Å². The maximum absolute atomic E-state index is 12.4. The zero-order chi connectivity index (χ0) is 18.6. The summed E-state index contributed by atoms with van der Waals surface area (Å²) in [5.41, 5.74) is 0.240. The molecule has 0 unspecified atom stereocenters. The number of nitrogens with zero attached hydrogens (tertiary/aromatic N) is 1. The van der Waals surface area contributed by atoms with Gasteiger partial charge in [0.15, 0.2) is 4.90 Å². The lowest BCUT2D eigenvalue weighted by molar-refractivity contribution is -0.387. The summed E-state index contributed by atoms with van der Waals surface area (Å²) in [6.45, 7) is 3.51. The van der Waals surface area contributed by atoms with E-state index in [0.29, 0.717) is 5.69 Å². The van der Waals surface area contributed by atoms with Gasteiger partial charge in [-0.15, -0.1) is 0 Å². The third-order valence-electron chi connectivity index (χ3n) is 3.28. The number of para-hydroxylation sites is 1. The van der Waals surface area contributed by atoms with Gasteiger partial charge in [0.25, 0.3) is 15.7 Å². The summed E-state index contributed by atoms with van der Waals surface area (Å²) in [6, 6.07) is 11.1. The Labute approximate surface area is 145 Å². The fourth-order valence-electron chi connectivity index (χ4n) is 1.95. The van der Waals surface area contributed by atoms with Gasteiger partial charge >= 0.3 is 0 Å². The Kier molecular flexibility index (Phi) is 5.38. The van der Waals surface area contributed by atoms with Crippen molar-refractivity contribution in [2.45, 2.75) is 18.7 Å². The number of carbonyl (C=O) groups excluding carboxylic acids is 1. The van der Waals surface area contributed by atoms with E-state index in [4.69, 9.17) is 0 Å². The minimum absolute atomic E-state index is 0.159. The van der Waals surface area contributed by atoms with Crippen LogP contribution < -0.4 is 10.0 Å². The first-order valence-electron chi connectivity index (χ1n) is 7.38. The van der Waals surface area contributed by atoms with Gasteiger partial charge < -0.3 is 5.32 Å². The van der Waals surface area contributed by atoms with E-state index in [2.05, 4.69) is 10.0 Å². The van der Waals surface area contributed by atoms with Gasteiger partial charge in [-0.3, -0.25) is 19.6 Å². The second-order valence-electron chi connectivity index (χ2n) is 5.55. The quantitative estimate of drug-likeness (QED) is 0.604. The van der Waals surface area contributed by atoms with Crippen molar-refractivity contribution < 1.29 is 18.1 Å². The Bertz CT molecular complexity index is 892. The summed E-state index contributed by atoms with van der Waals surface area (Å²) in [4.78, 5) is 21.5. The lowest BCUT2D eigenvalue weighted by Gasteiger charge is -2.10. The summed E-state index contributed by atoms with van der Waals surface area (Å²) in [6.07, 6.45) is 0. The predicted octanol–water partition coefficient (Wildman–Crippen LogP) is 2.99. The first kappa shape index (κ1) is 18.4. The number of carbonyl (C=O) groups is 1. The van der Waals surface area contributed by atoms with Gasteiger partial charge in [-0.2, -0.15) is 0 Å². The molecule has 2 rings (SSSR count). The van der Waals surface area contributed by atoms with Crippen LogP contribution in [0, 0.1) is 16.0 Å². The molecule has 0 bridgehead atoms. The average molecular weight is 363 g/mol. The van der Waals surface area contributed by atoms with Gasteiger partial charge in [0, 0.05) is 23.4 Å². The first-order valence-corrected chi connectivity index (χ1v) is 8.86. The molecule has 2 N–H and O–H groups in total. The summed E-state index contributed by atoms with van der Waals surface area (Å²) < 4.78 is 27.1. The van der Waals surface area contributed by atoms with Crippen LogP contribution in [0.4, 0.5) is 17.1 Å². The molecule has 1 amide bonds. The Balaban J connectivity index is 2.22. The summed E-state index contributed by atoms with van der Waals surface area (Å²) >= 11 is 0. The monoisotopic (exact) mass is 363 g/mol. The van der Waals surface area contributed by atoms with E-state index < -0.39 is 25.5 Å². The van der Waals surface area contributed by atoms with Crippen LogP contribution in [0.5, 0.6) is 0 Å². The standard InChI is InChI=1S/C16H17N3O5S/c1-11(2)16(20)17-12-7-9-13(10-8-12)18-25(23,24)15-6-4-3-5-14(15)19(21)22/h3-11,18H,1-2H3,(H,17,20). The smallest absolute Gasteiger partial charge is 0.289 e. The van der Waals surface area contributed by atoms with Crippen molar-refractivity contribution in [2.24, 2.45) is 5.92 Å². The van der Waals surface area contributed by atoms with Gasteiger partial charge in [0.1, 0.15) is 0 Å². The van der Waals surface area contributed by atoms with E-state index in [1.807, 2.05) is 0 Å². The van der Waals surface area contributed by atoms with Gasteiger partial charge in [-0.1, -0.05) is 26.0 Å². The number of rotatable bonds is 6. The molecular weight excluding hydrogens is 346 g/mol. The molecule has 8 nitrogen and oxygen atoms in total. The second-order valence-corrected chi connectivity index (χ2v) is 7.20. The van der Waals surface area contributed by atoms with Crippen LogP contribution in [-0.2, 0) is 14.8 Å². The van der Waals surface area contributed by atoms with E-state index >= 15 is 0 Å². The molecule has 0 saturated carbocycles. The summed E-state index contributed by atoms with van der Waals surface area (Å²) in [5.74, 6) is -0.343. The molecule has 9 heteroatoms. The Morgan fingerprint density at radius 2 is 1.60 bits per heavy atom. The van der Waals surface area contributed by atoms with Crippen LogP contribution in [0.25, 0.3) is 0 Å². The highest BCUT2D eigenvalue weighted by atomic mass is 32.2. The largest absolute Gasteiger partial charge is 0.326 e. The lowest BCUT2D eigenvalue weighted by atomic mass is 10.2. The van der Waals surface area contributed by atoms with E-state index in [1.165, 1.54) is 36.4 Å². The highest BCUT2D eigenvalue weighted by molar-refractivity contribution is 7.92. The van der Waals surface area contributed by atoms with Crippen molar-refractivity contribution >= 4 is 33.0 Å². The molecular formula is C16H17N3O5S. The lowest BCUT2D eigenvalue weighted by Crippen LogP contribution is -2.18. The van der Waals surface area contributed by atoms with Crippen LogP contribution in [0.2, 0.25) is 0 Å². The molecule has 0 saturated heterocycles. The van der Waals surface area contributed by atoms with E-state index in [9.17, 15) is 23.3 Å². The predicted molar refractivity (Wildman–Crippen MR) is 93.8 cm³/mol. The normalized spacial score (nSPS) is 11.2. The summed E-state index contributed by atoms with van der Waals surface area (Å²) in [7, 11) is -4.12. The molecule has 0 aromatic heterocycles. The van der Waals surface area contributed by atoms with Crippen LogP contribution in [0.15, 0.2) is 53.4 Å². The van der Waals surface area contributed by atoms with E-state index in [0.717, 1.165) is 12.1 Å². The fourth-order valence-corrected chi connectivity index (χ4v) is 3.19. The summed E-state index contributed by atoms with van der Waals surface area (Å²) in [5, 5.41) is 13.7.